The van der Waals surface area contributed by atoms with Crippen LogP contribution in [0.1, 0.15) is 32.1 Å². The maximum absolute atomic E-state index is 12.2. The summed E-state index contributed by atoms with van der Waals surface area (Å²) in [7, 11) is 0. The highest BCUT2D eigenvalue weighted by molar-refractivity contribution is 5.82. The lowest BCUT2D eigenvalue weighted by Crippen LogP contribution is -2.52. The summed E-state index contributed by atoms with van der Waals surface area (Å²) in [4.78, 5) is 27.7. The van der Waals surface area contributed by atoms with Gasteiger partial charge in [-0.1, -0.05) is 0 Å². The van der Waals surface area contributed by atoms with Crippen LogP contribution in [0.25, 0.3) is 0 Å². The fourth-order valence-electron chi connectivity index (χ4n) is 2.70. The third kappa shape index (κ3) is 3.93. The Hall–Kier alpha value is -1.14. The van der Waals surface area contributed by atoms with E-state index >= 15 is 0 Å². The van der Waals surface area contributed by atoms with E-state index in [9.17, 15) is 9.59 Å². The third-order valence-corrected chi connectivity index (χ3v) is 3.95. The Balaban J connectivity index is 1.71. The number of rotatable bonds is 5. The highest BCUT2D eigenvalue weighted by Crippen LogP contribution is 2.16. The number of amides is 2. The second-order valence-corrected chi connectivity index (χ2v) is 5.39. The number of nitrogens with zero attached hydrogens (tertiary/aromatic N) is 2. The maximum atomic E-state index is 12.2. The molecule has 0 aliphatic carbocycles. The number of aliphatic hydroxyl groups is 1. The monoisotopic (exact) mass is 284 g/mol. The van der Waals surface area contributed by atoms with Crippen LogP contribution in [0.15, 0.2) is 0 Å². The minimum Gasteiger partial charge on any atom is -0.396 e. The van der Waals surface area contributed by atoms with E-state index in [2.05, 4.69) is 0 Å². The molecule has 6 heteroatoms. The lowest BCUT2D eigenvalue weighted by atomic mass is 10.2. The standard InChI is InChI=1S/C14H24N2O4/c17-10-2-1-5-13(18)15-6-8-16(9-7-15)14(19)12-4-3-11-20-12/h12,17H,1-11H2. The molecule has 0 bridgehead atoms. The summed E-state index contributed by atoms with van der Waals surface area (Å²) in [6.07, 6.45) is 3.40. The van der Waals surface area contributed by atoms with Crippen LogP contribution in [0.5, 0.6) is 0 Å². The summed E-state index contributed by atoms with van der Waals surface area (Å²) in [5.41, 5.74) is 0. The molecule has 0 saturated carbocycles. The van der Waals surface area contributed by atoms with E-state index < -0.39 is 0 Å². The zero-order valence-corrected chi connectivity index (χ0v) is 11.9. The molecule has 0 aromatic carbocycles. The minimum atomic E-state index is -0.262. The normalized spacial score (nSPS) is 23.1. The molecule has 2 heterocycles. The second kappa shape index (κ2) is 7.59. The molecule has 2 amide bonds. The Bertz CT molecular complexity index is 334. The van der Waals surface area contributed by atoms with Gasteiger partial charge in [0.2, 0.25) is 5.91 Å². The first-order valence-corrected chi connectivity index (χ1v) is 7.51. The molecule has 20 heavy (non-hydrogen) atoms. The third-order valence-electron chi connectivity index (χ3n) is 3.95. The van der Waals surface area contributed by atoms with E-state index in [0.29, 0.717) is 45.6 Å². The number of piperazine rings is 1. The number of hydrogen-bond donors (Lipinski definition) is 1. The molecular weight excluding hydrogens is 260 g/mol. The predicted octanol–water partition coefficient (Wildman–Crippen LogP) is -0.00120. The Labute approximate surface area is 119 Å². The molecule has 6 nitrogen and oxygen atoms in total. The molecule has 1 unspecified atom stereocenters. The SMILES string of the molecule is O=C(CCCCO)N1CCN(C(=O)C2CCCO2)CC1. The zero-order chi connectivity index (χ0) is 14.4. The van der Waals surface area contributed by atoms with Crippen LogP contribution in [0.3, 0.4) is 0 Å². The fourth-order valence-corrected chi connectivity index (χ4v) is 2.70. The summed E-state index contributed by atoms with van der Waals surface area (Å²) in [6, 6.07) is 0. The van der Waals surface area contributed by atoms with Crippen molar-refractivity contribution in [3.8, 4) is 0 Å². The quantitative estimate of drug-likeness (QED) is 0.721. The van der Waals surface area contributed by atoms with Crippen molar-refractivity contribution in [3.63, 3.8) is 0 Å². The molecule has 0 aromatic rings. The Morgan fingerprint density at radius 3 is 2.40 bits per heavy atom. The van der Waals surface area contributed by atoms with Gasteiger partial charge < -0.3 is 19.6 Å². The van der Waals surface area contributed by atoms with Crippen molar-refractivity contribution < 1.29 is 19.4 Å². The summed E-state index contributed by atoms with van der Waals surface area (Å²) in [5.74, 6) is 0.206. The first-order valence-electron chi connectivity index (χ1n) is 7.51. The summed E-state index contributed by atoms with van der Waals surface area (Å²) in [6.45, 7) is 3.23. The number of aliphatic hydroxyl groups excluding tert-OH is 1. The van der Waals surface area contributed by atoms with Crippen LogP contribution >= 0.6 is 0 Å². The fraction of sp³-hybridized carbons (Fsp3) is 0.857. The maximum Gasteiger partial charge on any atom is 0.251 e. The van der Waals surface area contributed by atoms with Gasteiger partial charge in [-0.15, -0.1) is 0 Å². The van der Waals surface area contributed by atoms with Gasteiger partial charge in [0.05, 0.1) is 0 Å². The van der Waals surface area contributed by atoms with Gasteiger partial charge in [0.15, 0.2) is 0 Å². The molecule has 0 aromatic heterocycles. The predicted molar refractivity (Wildman–Crippen MR) is 73.1 cm³/mol. The van der Waals surface area contributed by atoms with Gasteiger partial charge in [-0.2, -0.15) is 0 Å². The average Bonchev–Trinajstić information content (AvgIpc) is 3.01. The zero-order valence-electron chi connectivity index (χ0n) is 11.9. The van der Waals surface area contributed by atoms with Crippen molar-refractivity contribution in [1.29, 1.82) is 0 Å². The molecule has 0 spiro atoms. The molecule has 1 atom stereocenters. The molecule has 114 valence electrons. The first kappa shape index (κ1) is 15.3. The van der Waals surface area contributed by atoms with Gasteiger partial charge >= 0.3 is 0 Å². The van der Waals surface area contributed by atoms with E-state index in [-0.39, 0.29) is 24.5 Å². The summed E-state index contributed by atoms with van der Waals surface area (Å²) < 4.78 is 5.41. The first-order chi connectivity index (χ1) is 9.72. The second-order valence-electron chi connectivity index (χ2n) is 5.39. The van der Waals surface area contributed by atoms with Crippen molar-refractivity contribution in [2.24, 2.45) is 0 Å². The van der Waals surface area contributed by atoms with Crippen molar-refractivity contribution >= 4 is 11.8 Å². The van der Waals surface area contributed by atoms with Crippen molar-refractivity contribution in [2.45, 2.75) is 38.2 Å². The molecule has 2 fully saturated rings. The highest BCUT2D eigenvalue weighted by atomic mass is 16.5. The number of carbonyl (C=O) groups excluding carboxylic acids is 2. The summed E-state index contributed by atoms with van der Waals surface area (Å²) in [5, 5.41) is 8.71. The number of carbonyl (C=O) groups is 2. The van der Waals surface area contributed by atoms with E-state index in [1.807, 2.05) is 9.80 Å². The van der Waals surface area contributed by atoms with E-state index in [0.717, 1.165) is 19.3 Å². The molecule has 2 aliphatic heterocycles. The Morgan fingerprint density at radius 1 is 1.10 bits per heavy atom. The molecule has 2 saturated heterocycles. The van der Waals surface area contributed by atoms with Gasteiger partial charge in [-0.3, -0.25) is 9.59 Å². The van der Waals surface area contributed by atoms with Crippen molar-refractivity contribution in [1.82, 2.24) is 9.80 Å². The van der Waals surface area contributed by atoms with E-state index in [4.69, 9.17) is 9.84 Å². The molecule has 2 aliphatic rings. The smallest absolute Gasteiger partial charge is 0.251 e. The van der Waals surface area contributed by atoms with Crippen molar-refractivity contribution in [2.75, 3.05) is 39.4 Å². The van der Waals surface area contributed by atoms with Gasteiger partial charge in [-0.25, -0.2) is 0 Å². The minimum absolute atomic E-state index is 0.0786. The van der Waals surface area contributed by atoms with E-state index in [1.54, 1.807) is 0 Å². The summed E-state index contributed by atoms with van der Waals surface area (Å²) >= 11 is 0. The van der Waals surface area contributed by atoms with Gasteiger partial charge in [0, 0.05) is 45.8 Å². The highest BCUT2D eigenvalue weighted by Gasteiger charge is 2.31. The Morgan fingerprint density at radius 2 is 1.80 bits per heavy atom. The van der Waals surface area contributed by atoms with Crippen LogP contribution < -0.4 is 0 Å². The average molecular weight is 284 g/mol. The lowest BCUT2D eigenvalue weighted by Gasteiger charge is -2.35. The number of unbranched alkanes of at least 4 members (excludes halogenated alkanes) is 1. The Kier molecular flexibility index (Phi) is 5.79. The molecular formula is C14H24N2O4. The lowest BCUT2D eigenvalue weighted by molar-refractivity contribution is -0.146. The molecule has 1 N–H and O–H groups in total. The number of hydrogen-bond acceptors (Lipinski definition) is 4. The van der Waals surface area contributed by atoms with Gasteiger partial charge in [-0.05, 0) is 25.7 Å². The topological polar surface area (TPSA) is 70.1 Å². The van der Waals surface area contributed by atoms with Crippen LogP contribution in [0.4, 0.5) is 0 Å². The number of ether oxygens (including phenoxy) is 1. The van der Waals surface area contributed by atoms with Crippen LogP contribution in [-0.4, -0.2) is 72.2 Å². The van der Waals surface area contributed by atoms with Crippen LogP contribution in [0.2, 0.25) is 0 Å². The van der Waals surface area contributed by atoms with Gasteiger partial charge in [0.25, 0.3) is 5.91 Å². The molecule has 2 rings (SSSR count). The molecule has 0 radical (unpaired) electrons. The van der Waals surface area contributed by atoms with Crippen molar-refractivity contribution in [3.05, 3.63) is 0 Å². The van der Waals surface area contributed by atoms with E-state index in [1.165, 1.54) is 0 Å². The largest absolute Gasteiger partial charge is 0.396 e. The van der Waals surface area contributed by atoms with Crippen LogP contribution in [0, 0.1) is 0 Å². The van der Waals surface area contributed by atoms with Crippen LogP contribution in [-0.2, 0) is 14.3 Å². The van der Waals surface area contributed by atoms with Gasteiger partial charge in [0.1, 0.15) is 6.10 Å².